The van der Waals surface area contributed by atoms with Crippen molar-refractivity contribution >= 4 is 52.2 Å². The molecule has 8 fully saturated rings. The SMILES string of the molecule is C.C[C@@]1(O)CC[C@H]2[C@@H](CC[C@@H]3[C@@H]2CC[C@]2(C)[C@@H](C(=O)CBr)CC[C@@H]32)C1.C[C@@]1(O)CC[C@H]2[C@@H](CC[C@@H]3[C@@H]2CC[C@]2(C)[C@@H](C(=O)CO)CC[C@@H]32)C1.O=C([O-])C(F)(F)F.[B]=S.[Na+]. The van der Waals surface area contributed by atoms with Crippen LogP contribution in [0.5, 0.6) is 0 Å². The maximum absolute atomic E-state index is 12.5. The van der Waals surface area contributed by atoms with Crippen LogP contribution in [0.25, 0.3) is 0 Å². The van der Waals surface area contributed by atoms with Gasteiger partial charge < -0.3 is 25.2 Å². The van der Waals surface area contributed by atoms with E-state index in [-0.39, 0.29) is 66.1 Å². The molecule has 3 N–H and O–H groups in total. The van der Waals surface area contributed by atoms with E-state index in [1.54, 1.807) is 0 Å². The van der Waals surface area contributed by atoms with Gasteiger partial charge in [0.05, 0.1) is 16.5 Å². The van der Waals surface area contributed by atoms with Crippen LogP contribution in [0.15, 0.2) is 0 Å². The van der Waals surface area contributed by atoms with E-state index in [9.17, 15) is 38.1 Å². The Balaban J connectivity index is 0.000000256. The molecule has 0 saturated heterocycles. The van der Waals surface area contributed by atoms with Crippen LogP contribution in [0.2, 0.25) is 0 Å². The molecule has 8 saturated carbocycles. The molecule has 0 amide bonds. The summed E-state index contributed by atoms with van der Waals surface area (Å²) in [5.41, 5.74) is -0.464. The molecule has 8 aliphatic carbocycles. The van der Waals surface area contributed by atoms with Gasteiger partial charge in [-0.05, 0) is 199 Å². The molecule has 14 heteroatoms. The quantitative estimate of drug-likeness (QED) is 0.240. The number of alkyl halides is 4. The maximum atomic E-state index is 12.5. The first-order valence-electron chi connectivity index (χ1n) is 21.8. The normalized spacial score (nSPS) is 45.2. The van der Waals surface area contributed by atoms with Crippen molar-refractivity contribution in [2.24, 2.45) is 81.8 Å². The van der Waals surface area contributed by atoms with Gasteiger partial charge in [0, 0.05) is 11.8 Å². The van der Waals surface area contributed by atoms with E-state index in [0.29, 0.717) is 22.9 Å². The molecule has 0 aliphatic heterocycles. The molecule has 0 heterocycles. The van der Waals surface area contributed by atoms with Gasteiger partial charge in [-0.1, -0.05) is 37.2 Å². The fourth-order valence-corrected chi connectivity index (χ4v) is 15.8. The molecule has 0 aromatic heterocycles. The summed E-state index contributed by atoms with van der Waals surface area (Å²) in [4.78, 5) is 33.5. The Kier molecular flexibility index (Phi) is 19.1. The van der Waals surface area contributed by atoms with Crippen LogP contribution in [0.4, 0.5) is 13.2 Å². The number of rotatable bonds is 4. The Hall–Kier alpha value is 0.245. The van der Waals surface area contributed by atoms with E-state index in [0.717, 1.165) is 98.2 Å². The number of ketones is 2. The number of carboxylic acid groups (broad SMARTS) is 1. The van der Waals surface area contributed by atoms with Gasteiger partial charge >= 0.3 is 54.5 Å². The molecule has 1 radical (unpaired) electrons. The third-order valence-electron chi connectivity index (χ3n) is 17.8. The van der Waals surface area contributed by atoms with Crippen LogP contribution >= 0.6 is 28.0 Å². The van der Waals surface area contributed by atoms with Crippen molar-refractivity contribution in [2.45, 2.75) is 168 Å². The predicted octanol–water partition coefficient (Wildman–Crippen LogP) is 5.74. The molecule has 0 aromatic rings. The topological polar surface area (TPSA) is 135 Å². The van der Waals surface area contributed by atoms with Crippen LogP contribution in [-0.2, 0) is 14.4 Å². The van der Waals surface area contributed by atoms with Crippen molar-refractivity contribution in [2.75, 3.05) is 11.9 Å². The number of hydrogen-bond acceptors (Lipinski definition) is 8. The minimum absolute atomic E-state index is 0. The molecular weight excluding hydrogens is 855 g/mol. The number of carbonyl (C=O) groups is 3. The predicted molar refractivity (Wildman–Crippen MR) is 224 cm³/mol. The second-order valence-corrected chi connectivity index (χ2v) is 21.3. The maximum Gasteiger partial charge on any atom is 1.00 e. The number of carboxylic acids is 1. The monoisotopic (exact) mass is 925 g/mol. The largest absolute Gasteiger partial charge is 1.00 e. The summed E-state index contributed by atoms with van der Waals surface area (Å²) in [7, 11) is 0. The third kappa shape index (κ3) is 11.2. The molecule has 8 aliphatic rings. The van der Waals surface area contributed by atoms with Crippen molar-refractivity contribution in [3.05, 3.63) is 0 Å². The Bertz CT molecular complexity index is 1360. The standard InChI is InChI=1S/C21H33BrO2.C21H34O3.C2HF3O2.CH4.BS.Na/c2*1-20(24)9-7-14-13(11-20)3-4-16-15(14)8-10-21(2)17(16)5-6-18(21)19(23)12-22;3-2(4,5)1(6)7;;1-2;/h13-18,24H,3-12H2,1-2H3;13-18,22,24H,3-12H2,1-2H3;(H,6,7);1H4;;/q;;;;;+1/p-1/t2*13-,14-,15+,16+,17-,18+,20+,21-;;;;/m00..../s1. The van der Waals surface area contributed by atoms with Crippen molar-refractivity contribution in [3.63, 3.8) is 0 Å². The van der Waals surface area contributed by atoms with Gasteiger partial charge in [-0.25, -0.2) is 0 Å². The summed E-state index contributed by atoms with van der Waals surface area (Å²) >= 11 is 7.00. The van der Waals surface area contributed by atoms with Gasteiger partial charge in [0.1, 0.15) is 18.4 Å². The fraction of sp³-hybridized carbons (Fsp3) is 0.933. The van der Waals surface area contributed by atoms with E-state index >= 15 is 0 Å². The molecule has 7 nitrogen and oxygen atoms in total. The summed E-state index contributed by atoms with van der Waals surface area (Å²) in [6, 6.07) is 0. The number of fused-ring (bicyclic) bond motifs is 10. The average molecular weight is 927 g/mol. The van der Waals surface area contributed by atoms with Crippen LogP contribution in [0.1, 0.15) is 151 Å². The summed E-state index contributed by atoms with van der Waals surface area (Å²) in [6.45, 7) is 12.7. The number of aliphatic hydroxyl groups excluding tert-OH is 1. The zero-order valence-electron chi connectivity index (χ0n) is 35.5. The van der Waals surface area contributed by atoms with Gasteiger partial charge in [-0.2, -0.15) is 13.2 Å². The van der Waals surface area contributed by atoms with Gasteiger partial charge in [-0.3, -0.25) is 9.59 Å². The van der Waals surface area contributed by atoms with Crippen LogP contribution in [0.3, 0.4) is 0 Å². The zero-order chi connectivity index (χ0) is 42.3. The molecule has 59 heavy (non-hydrogen) atoms. The molecule has 0 aromatic carbocycles. The summed E-state index contributed by atoms with van der Waals surface area (Å²) in [6.07, 6.45) is 16.0. The van der Waals surface area contributed by atoms with Gasteiger partial charge in [0.15, 0.2) is 5.78 Å². The first-order chi connectivity index (χ1) is 26.7. The Morgan fingerprint density at radius 2 is 1.00 bits per heavy atom. The molecule has 16 atom stereocenters. The Labute approximate surface area is 389 Å². The van der Waals surface area contributed by atoms with Crippen molar-refractivity contribution in [3.8, 4) is 0 Å². The average Bonchev–Trinajstić information content (AvgIpc) is 3.70. The first kappa shape index (κ1) is 53.6. The molecule has 0 spiro atoms. The van der Waals surface area contributed by atoms with E-state index in [1.807, 2.05) is 13.8 Å². The van der Waals surface area contributed by atoms with Gasteiger partial charge in [0.25, 0.3) is 0 Å². The van der Waals surface area contributed by atoms with Crippen molar-refractivity contribution in [1.29, 1.82) is 0 Å². The fourth-order valence-electron chi connectivity index (χ4n) is 15.4. The Morgan fingerprint density at radius 1 is 0.644 bits per heavy atom. The van der Waals surface area contributed by atoms with E-state index < -0.39 is 23.3 Å². The summed E-state index contributed by atoms with van der Waals surface area (Å²) in [5, 5.41) is 39.6. The number of halogens is 4. The van der Waals surface area contributed by atoms with Gasteiger partial charge in [0.2, 0.25) is 0 Å². The molecule has 8 rings (SSSR count). The number of Topliss-reactive ketones (excluding diaryl/α,β-unsaturated/α-hetero) is 2. The van der Waals surface area contributed by atoms with Gasteiger partial charge in [-0.15, -0.1) is 0 Å². The van der Waals surface area contributed by atoms with E-state index in [1.165, 1.54) is 70.6 Å². The number of carbonyl (C=O) groups excluding carboxylic acids is 3. The van der Waals surface area contributed by atoms with E-state index in [4.69, 9.17) is 9.90 Å². The van der Waals surface area contributed by atoms with E-state index in [2.05, 4.69) is 48.6 Å². The van der Waals surface area contributed by atoms with Crippen molar-refractivity contribution in [1.82, 2.24) is 0 Å². The molecule has 0 bridgehead atoms. The minimum Gasteiger partial charge on any atom is 1.00 e. The second-order valence-electron chi connectivity index (χ2n) is 20.7. The van der Waals surface area contributed by atoms with Crippen LogP contribution in [-0.4, -0.2) is 68.9 Å². The minimum atomic E-state index is -5.19. The summed E-state index contributed by atoms with van der Waals surface area (Å²) in [5.74, 6) is 5.81. The van der Waals surface area contributed by atoms with Crippen LogP contribution < -0.4 is 34.7 Å². The smallest absolute Gasteiger partial charge is 1.00 e. The zero-order valence-corrected chi connectivity index (χ0v) is 39.9. The molecular formula is C45H71BBrF3NaO7S. The summed E-state index contributed by atoms with van der Waals surface area (Å²) < 4.78 is 31.5. The number of hydrogen-bond donors (Lipinski definition) is 3. The third-order valence-corrected chi connectivity index (χ3v) is 18.3. The first-order valence-corrected chi connectivity index (χ1v) is 23.4. The Morgan fingerprint density at radius 3 is 1.34 bits per heavy atom. The number of aliphatic hydroxyl groups is 3. The molecule has 0 unspecified atom stereocenters. The molecule has 331 valence electrons. The van der Waals surface area contributed by atoms with Crippen LogP contribution in [0, 0.1) is 81.8 Å². The number of aliphatic carboxylic acids is 1. The second kappa shape index (κ2) is 21.0. The van der Waals surface area contributed by atoms with Crippen molar-refractivity contribution < 1.29 is 77.5 Å².